The van der Waals surface area contributed by atoms with E-state index in [-0.39, 0.29) is 0 Å². The predicted molar refractivity (Wildman–Crippen MR) is 27.5 cm³/mol. The van der Waals surface area contributed by atoms with Gasteiger partial charge in [-0.05, 0) is 0 Å². The molecule has 0 N–H and O–H groups in total. The Balaban J connectivity index is 3.56. The summed E-state index contributed by atoms with van der Waals surface area (Å²) in [5, 5.41) is 0. The Bertz CT molecular complexity index is 103. The molecule has 0 heterocycles. The van der Waals surface area contributed by atoms with Crippen LogP contribution in [0.15, 0.2) is 18.5 Å². The van der Waals surface area contributed by atoms with Crippen LogP contribution in [0.3, 0.4) is 0 Å². The van der Waals surface area contributed by atoms with Gasteiger partial charge in [-0.1, -0.05) is 6.58 Å². The summed E-state index contributed by atoms with van der Waals surface area (Å²) in [4.78, 5) is 11.0. The normalized spacial score (nSPS) is 6.43. The summed E-state index contributed by atoms with van der Waals surface area (Å²) in [7, 11) is 1.62. The van der Waals surface area contributed by atoms with Crippen molar-refractivity contribution in [3.05, 3.63) is 18.5 Å². The first-order valence-corrected chi connectivity index (χ1v) is 1.84. The Morgan fingerprint density at radius 1 is 1.86 bits per heavy atom. The van der Waals surface area contributed by atoms with E-state index in [9.17, 15) is 4.79 Å². The zero-order valence-electron chi connectivity index (χ0n) is 4.22. The second-order valence-electron chi connectivity index (χ2n) is 1.10. The molecule has 0 aliphatic carbocycles. The maximum Gasteiger partial charge on any atom is 0.213 e. The van der Waals surface area contributed by atoms with Crippen LogP contribution in [0.5, 0.6) is 0 Å². The van der Waals surface area contributed by atoms with Gasteiger partial charge in [-0.15, -0.1) is 5.73 Å². The van der Waals surface area contributed by atoms with E-state index in [1.54, 1.807) is 7.05 Å². The quantitative estimate of drug-likeness (QED) is 0.360. The Hall–Kier alpha value is -1.01. The van der Waals surface area contributed by atoms with Crippen LogP contribution in [0, 0.1) is 0 Å². The van der Waals surface area contributed by atoms with E-state index in [1.165, 1.54) is 11.1 Å². The fourth-order valence-corrected chi connectivity index (χ4v) is 0.174. The monoisotopic (exact) mass is 97.1 g/mol. The maximum absolute atomic E-state index is 9.72. The number of hydrogen-bond acceptors (Lipinski definition) is 1. The molecule has 0 rings (SSSR count). The number of hydrogen-bond donors (Lipinski definition) is 0. The molecule has 0 spiro atoms. The molecule has 0 saturated carbocycles. The second kappa shape index (κ2) is 3.19. The van der Waals surface area contributed by atoms with Crippen molar-refractivity contribution >= 4 is 6.41 Å². The lowest BCUT2D eigenvalue weighted by atomic mass is 10.8. The number of nitrogens with zero attached hydrogens (tertiary/aromatic N) is 1. The third-order valence-corrected chi connectivity index (χ3v) is 0.461. The molecule has 2 heteroatoms. The van der Waals surface area contributed by atoms with Gasteiger partial charge in [0, 0.05) is 13.2 Å². The van der Waals surface area contributed by atoms with Gasteiger partial charge in [-0.2, -0.15) is 0 Å². The highest BCUT2D eigenvalue weighted by atomic mass is 16.1. The molecule has 2 nitrogen and oxygen atoms in total. The SMILES string of the molecule is C=C=CN(C)C=O. The lowest BCUT2D eigenvalue weighted by molar-refractivity contribution is -0.114. The van der Waals surface area contributed by atoms with Crippen molar-refractivity contribution in [1.82, 2.24) is 4.90 Å². The third-order valence-electron chi connectivity index (χ3n) is 0.461. The average Bonchev–Trinajstić information content (AvgIpc) is 1.68. The van der Waals surface area contributed by atoms with E-state index in [0.29, 0.717) is 6.41 Å². The van der Waals surface area contributed by atoms with Crippen LogP contribution in [-0.2, 0) is 4.79 Å². The summed E-state index contributed by atoms with van der Waals surface area (Å²) >= 11 is 0. The van der Waals surface area contributed by atoms with E-state index in [2.05, 4.69) is 12.3 Å². The number of rotatable bonds is 2. The van der Waals surface area contributed by atoms with Crippen molar-refractivity contribution in [2.75, 3.05) is 7.05 Å². The Morgan fingerprint density at radius 3 is 2.57 bits per heavy atom. The standard InChI is InChI=1S/C5H7NO/c1-3-4-6(2)5-7/h4-5H,1H2,2H3. The molecule has 0 saturated heterocycles. The molecular weight excluding hydrogens is 90.1 g/mol. The van der Waals surface area contributed by atoms with Crippen molar-refractivity contribution < 1.29 is 4.79 Å². The smallest absolute Gasteiger partial charge is 0.213 e. The molecule has 7 heavy (non-hydrogen) atoms. The number of amides is 1. The largest absolute Gasteiger partial charge is 0.318 e. The fourth-order valence-electron chi connectivity index (χ4n) is 0.174. The lowest BCUT2D eigenvalue weighted by Crippen LogP contribution is -2.04. The van der Waals surface area contributed by atoms with E-state index >= 15 is 0 Å². The molecule has 0 radical (unpaired) electrons. The second-order valence-corrected chi connectivity index (χ2v) is 1.10. The van der Waals surface area contributed by atoms with Gasteiger partial charge in [0.15, 0.2) is 0 Å². The van der Waals surface area contributed by atoms with Crippen molar-refractivity contribution in [3.63, 3.8) is 0 Å². The molecule has 38 valence electrons. The van der Waals surface area contributed by atoms with Crippen molar-refractivity contribution in [3.8, 4) is 0 Å². The predicted octanol–water partition coefficient (Wildman–Crippen LogP) is 0.373. The van der Waals surface area contributed by atoms with Crippen LogP contribution in [0.1, 0.15) is 0 Å². The first-order chi connectivity index (χ1) is 3.31. The van der Waals surface area contributed by atoms with Crippen LogP contribution in [0.25, 0.3) is 0 Å². The van der Waals surface area contributed by atoms with Gasteiger partial charge in [-0.25, -0.2) is 0 Å². The van der Waals surface area contributed by atoms with Crippen molar-refractivity contribution in [2.24, 2.45) is 0 Å². The van der Waals surface area contributed by atoms with E-state index in [1.807, 2.05) is 0 Å². The molecule has 0 atom stereocenters. The number of carbonyl (C=O) groups is 1. The summed E-state index contributed by atoms with van der Waals surface area (Å²) < 4.78 is 0. The molecule has 0 unspecified atom stereocenters. The van der Waals surface area contributed by atoms with Crippen LogP contribution >= 0.6 is 0 Å². The minimum atomic E-state index is 0.679. The third kappa shape index (κ3) is 2.80. The molecule has 0 aliphatic rings. The molecule has 1 amide bonds. The average molecular weight is 97.1 g/mol. The zero-order valence-corrected chi connectivity index (χ0v) is 4.22. The summed E-state index contributed by atoms with van der Waals surface area (Å²) in [6.07, 6.45) is 2.13. The van der Waals surface area contributed by atoms with Crippen LogP contribution in [0.4, 0.5) is 0 Å². The molecule has 0 bridgehead atoms. The van der Waals surface area contributed by atoms with E-state index in [4.69, 9.17) is 0 Å². The van der Waals surface area contributed by atoms with Gasteiger partial charge in [0.05, 0.1) is 0 Å². The number of carbonyl (C=O) groups excluding carboxylic acids is 1. The molecule has 0 aromatic rings. The Labute approximate surface area is 42.7 Å². The van der Waals surface area contributed by atoms with Crippen molar-refractivity contribution in [2.45, 2.75) is 0 Å². The summed E-state index contributed by atoms with van der Waals surface area (Å²) in [5.74, 6) is 0. The topological polar surface area (TPSA) is 20.3 Å². The summed E-state index contributed by atoms with van der Waals surface area (Å²) in [5.41, 5.74) is 2.44. The molecule has 0 aliphatic heterocycles. The van der Waals surface area contributed by atoms with Gasteiger partial charge in [-0.3, -0.25) is 4.79 Å². The van der Waals surface area contributed by atoms with Crippen LogP contribution in [-0.4, -0.2) is 18.4 Å². The van der Waals surface area contributed by atoms with Gasteiger partial charge < -0.3 is 4.90 Å². The van der Waals surface area contributed by atoms with Gasteiger partial charge in [0.2, 0.25) is 6.41 Å². The Kier molecular flexibility index (Phi) is 2.73. The highest BCUT2D eigenvalue weighted by molar-refractivity contribution is 5.47. The van der Waals surface area contributed by atoms with Crippen molar-refractivity contribution in [1.29, 1.82) is 0 Å². The lowest BCUT2D eigenvalue weighted by Gasteiger charge is -1.95. The molecule has 0 fully saturated rings. The van der Waals surface area contributed by atoms with Gasteiger partial charge in [0.25, 0.3) is 0 Å². The van der Waals surface area contributed by atoms with Gasteiger partial charge >= 0.3 is 0 Å². The van der Waals surface area contributed by atoms with Gasteiger partial charge in [0.1, 0.15) is 0 Å². The summed E-state index contributed by atoms with van der Waals surface area (Å²) in [6.45, 7) is 3.27. The first-order valence-electron chi connectivity index (χ1n) is 1.84. The fraction of sp³-hybridized carbons (Fsp3) is 0.200. The van der Waals surface area contributed by atoms with Crippen LogP contribution < -0.4 is 0 Å². The van der Waals surface area contributed by atoms with E-state index < -0.39 is 0 Å². The minimum Gasteiger partial charge on any atom is -0.318 e. The van der Waals surface area contributed by atoms with E-state index in [0.717, 1.165) is 0 Å². The Morgan fingerprint density at radius 2 is 2.43 bits per heavy atom. The molecule has 0 aromatic heterocycles. The highest BCUT2D eigenvalue weighted by Gasteiger charge is 1.75. The first kappa shape index (κ1) is 5.99. The minimum absolute atomic E-state index is 0.679. The van der Waals surface area contributed by atoms with Crippen LogP contribution in [0.2, 0.25) is 0 Å². The molecule has 0 aromatic carbocycles. The molecular formula is C5H7NO. The highest BCUT2D eigenvalue weighted by Crippen LogP contribution is 1.69. The summed E-state index contributed by atoms with van der Waals surface area (Å²) in [6, 6.07) is 0. The zero-order chi connectivity index (χ0) is 5.70. The maximum atomic E-state index is 9.72.